The van der Waals surface area contributed by atoms with Crippen LogP contribution in [0.2, 0.25) is 0 Å². The summed E-state index contributed by atoms with van der Waals surface area (Å²) in [7, 11) is 1.57. The van der Waals surface area contributed by atoms with E-state index in [4.69, 9.17) is 4.74 Å². The number of amides is 3. The first-order valence-electron chi connectivity index (χ1n) is 10.6. The first kappa shape index (κ1) is 19.8. The molecule has 1 spiro atoms. The molecule has 0 aromatic heterocycles. The Morgan fingerprint density at radius 2 is 1.77 bits per heavy atom. The monoisotopic (exact) mass is 420 g/mol. The van der Waals surface area contributed by atoms with Gasteiger partial charge in [0.1, 0.15) is 23.6 Å². The molecule has 3 heterocycles. The molecule has 3 aliphatic rings. The molecule has 0 unspecified atom stereocenters. The molecule has 2 saturated heterocycles. The van der Waals surface area contributed by atoms with E-state index in [9.17, 15) is 14.4 Å². The zero-order valence-corrected chi connectivity index (χ0v) is 17.8. The van der Waals surface area contributed by atoms with Gasteiger partial charge < -0.3 is 15.4 Å². The lowest BCUT2D eigenvalue weighted by atomic mass is 9.76. The van der Waals surface area contributed by atoms with E-state index in [0.29, 0.717) is 5.75 Å². The van der Waals surface area contributed by atoms with Crippen molar-refractivity contribution in [3.05, 3.63) is 59.7 Å². The van der Waals surface area contributed by atoms with Crippen molar-refractivity contribution in [3.8, 4) is 5.75 Å². The van der Waals surface area contributed by atoms with Crippen molar-refractivity contribution in [2.24, 2.45) is 17.8 Å². The Balaban J connectivity index is 1.60. The van der Waals surface area contributed by atoms with Gasteiger partial charge in [-0.1, -0.05) is 50.2 Å². The maximum Gasteiger partial charge on any atom is 0.291 e. The summed E-state index contributed by atoms with van der Waals surface area (Å²) in [6.07, 6.45) is 0. The van der Waals surface area contributed by atoms with Gasteiger partial charge >= 0.3 is 0 Å². The molecule has 0 saturated carbocycles. The second-order valence-corrected chi connectivity index (χ2v) is 8.93. The minimum Gasteiger partial charge on any atom is -0.496 e. The van der Waals surface area contributed by atoms with E-state index in [-0.39, 0.29) is 36.2 Å². The van der Waals surface area contributed by atoms with Crippen molar-refractivity contribution >= 4 is 23.4 Å². The maximum absolute atomic E-state index is 13.8. The number of methoxy groups -OCH3 is 1. The van der Waals surface area contributed by atoms with Gasteiger partial charge in [0.05, 0.1) is 19.3 Å². The summed E-state index contributed by atoms with van der Waals surface area (Å²) in [5, 5.41) is 4.92. The summed E-state index contributed by atoms with van der Waals surface area (Å²) in [5.41, 5.74) is 1.16. The van der Waals surface area contributed by atoms with Crippen LogP contribution in [-0.2, 0) is 26.5 Å². The number of nitrogens with one attached hydrogen (secondary N) is 1. The highest BCUT2D eigenvalue weighted by Crippen LogP contribution is 2.50. The van der Waals surface area contributed by atoms with Crippen molar-refractivity contribution in [1.82, 2.24) is 4.90 Å². The lowest BCUT2D eigenvalue weighted by Crippen LogP contribution is -2.99. The highest BCUT2D eigenvalue weighted by molar-refractivity contribution is 6.13. The lowest BCUT2D eigenvalue weighted by Gasteiger charge is -2.27. The molecule has 31 heavy (non-hydrogen) atoms. The van der Waals surface area contributed by atoms with Gasteiger partial charge in [0.25, 0.3) is 5.91 Å². The molecule has 3 aliphatic heterocycles. The number of carbonyl (C=O) groups excluding carboxylic acids is 3. The van der Waals surface area contributed by atoms with E-state index in [1.807, 2.05) is 67.7 Å². The average Bonchev–Trinajstić information content (AvgIpc) is 3.35. The van der Waals surface area contributed by atoms with Gasteiger partial charge in [0.2, 0.25) is 17.4 Å². The fourth-order valence-electron chi connectivity index (χ4n) is 5.67. The number of carbonyl (C=O) groups is 3. The van der Waals surface area contributed by atoms with E-state index >= 15 is 0 Å². The van der Waals surface area contributed by atoms with Crippen LogP contribution in [-0.4, -0.2) is 35.8 Å². The third-order valence-corrected chi connectivity index (χ3v) is 7.09. The molecule has 0 radical (unpaired) electrons. The summed E-state index contributed by atoms with van der Waals surface area (Å²) in [4.78, 5) is 42.0. The summed E-state index contributed by atoms with van der Waals surface area (Å²) in [5.74, 6) is -1.23. The fraction of sp³-hybridized carbons (Fsp3) is 0.375. The smallest absolute Gasteiger partial charge is 0.291 e. The van der Waals surface area contributed by atoms with Crippen molar-refractivity contribution < 1.29 is 24.4 Å². The zero-order valence-electron chi connectivity index (χ0n) is 17.8. The van der Waals surface area contributed by atoms with Gasteiger partial charge in [-0.05, 0) is 12.1 Å². The second kappa shape index (κ2) is 6.92. The molecule has 160 valence electrons. The number of fused-ring (bicyclic) bond motifs is 4. The van der Waals surface area contributed by atoms with Gasteiger partial charge in [0.15, 0.2) is 0 Å². The van der Waals surface area contributed by atoms with Crippen LogP contribution in [0.5, 0.6) is 5.75 Å². The molecule has 0 aliphatic carbocycles. The van der Waals surface area contributed by atoms with Crippen LogP contribution in [0.25, 0.3) is 0 Å². The van der Waals surface area contributed by atoms with Gasteiger partial charge in [-0.3, -0.25) is 19.3 Å². The molecule has 5 rings (SSSR count). The number of hydrogen-bond donors (Lipinski definition) is 2. The van der Waals surface area contributed by atoms with E-state index in [1.165, 1.54) is 4.90 Å². The van der Waals surface area contributed by atoms with Crippen molar-refractivity contribution in [2.75, 3.05) is 12.4 Å². The highest BCUT2D eigenvalue weighted by atomic mass is 16.5. The lowest BCUT2D eigenvalue weighted by molar-refractivity contribution is -0.738. The largest absolute Gasteiger partial charge is 0.496 e. The van der Waals surface area contributed by atoms with Crippen LogP contribution in [0.4, 0.5) is 5.69 Å². The van der Waals surface area contributed by atoms with Crippen molar-refractivity contribution in [1.29, 1.82) is 0 Å². The van der Waals surface area contributed by atoms with Crippen LogP contribution in [0.1, 0.15) is 25.0 Å². The van der Waals surface area contributed by atoms with Crippen molar-refractivity contribution in [3.63, 3.8) is 0 Å². The van der Waals surface area contributed by atoms with Crippen LogP contribution >= 0.6 is 0 Å². The third kappa shape index (κ3) is 2.59. The quantitative estimate of drug-likeness (QED) is 0.728. The SMILES string of the molecule is COc1ccccc1CN1C(=O)[C@@H]2[C@@H](C(C)C)[NH2+][C@]3(C(=O)Nc4ccccc43)[C@@H]2C1=O. The van der Waals surface area contributed by atoms with E-state index in [0.717, 1.165) is 16.8 Å². The molecule has 2 aromatic carbocycles. The van der Waals surface area contributed by atoms with Gasteiger partial charge in [-0.15, -0.1) is 0 Å². The molecule has 0 bridgehead atoms. The van der Waals surface area contributed by atoms with Crippen LogP contribution in [0.3, 0.4) is 0 Å². The number of hydrogen-bond acceptors (Lipinski definition) is 4. The van der Waals surface area contributed by atoms with E-state index < -0.39 is 17.4 Å². The number of quaternary nitrogens is 1. The molecule has 7 heteroatoms. The van der Waals surface area contributed by atoms with Gasteiger partial charge in [-0.25, -0.2) is 0 Å². The summed E-state index contributed by atoms with van der Waals surface area (Å²) >= 11 is 0. The minimum absolute atomic E-state index is 0.121. The first-order valence-corrected chi connectivity index (χ1v) is 10.6. The number of benzene rings is 2. The topological polar surface area (TPSA) is 92.3 Å². The standard InChI is InChI=1S/C24H25N3O4/c1-13(2)20-18-19(24(26-20)15-9-5-6-10-16(15)25-23(24)30)22(29)27(21(18)28)12-14-8-4-7-11-17(14)31-3/h4-11,13,18-20,26H,12H2,1-3H3,(H,25,30)/p+1/t18-,19-,20+,24-/m0/s1. The maximum atomic E-state index is 13.8. The Kier molecular flexibility index (Phi) is 4.41. The van der Waals surface area contributed by atoms with Crippen LogP contribution in [0, 0.1) is 17.8 Å². The molecule has 2 aromatic rings. The Bertz CT molecular complexity index is 1100. The van der Waals surface area contributed by atoms with E-state index in [1.54, 1.807) is 7.11 Å². The highest BCUT2D eigenvalue weighted by Gasteiger charge is 2.74. The molecule has 2 fully saturated rings. The van der Waals surface area contributed by atoms with Crippen LogP contribution < -0.4 is 15.4 Å². The third-order valence-electron chi connectivity index (χ3n) is 7.09. The predicted octanol–water partition coefficient (Wildman–Crippen LogP) is 1.25. The summed E-state index contributed by atoms with van der Waals surface area (Å²) in [6, 6.07) is 14.7. The number of ether oxygens (including phenoxy) is 1. The van der Waals surface area contributed by atoms with Gasteiger partial charge in [0, 0.05) is 17.0 Å². The molecule has 4 atom stereocenters. The molecule has 3 amide bonds. The van der Waals surface area contributed by atoms with Gasteiger partial charge in [-0.2, -0.15) is 0 Å². The molecular weight excluding hydrogens is 394 g/mol. The second-order valence-electron chi connectivity index (χ2n) is 8.93. The Morgan fingerprint density at radius 1 is 1.06 bits per heavy atom. The summed E-state index contributed by atoms with van der Waals surface area (Å²) < 4.78 is 5.42. The zero-order chi connectivity index (χ0) is 21.9. The number of nitrogens with two attached hydrogens (primary N) is 1. The number of likely N-dealkylation sites (tertiary alicyclic amines) is 1. The number of rotatable bonds is 4. The average molecular weight is 420 g/mol. The normalized spacial score (nSPS) is 29.0. The summed E-state index contributed by atoms with van der Waals surface area (Å²) in [6.45, 7) is 4.21. The predicted molar refractivity (Wildman–Crippen MR) is 113 cm³/mol. The Labute approximate surface area is 180 Å². The number of nitrogens with zero attached hydrogens (tertiary/aromatic N) is 1. The Morgan fingerprint density at radius 3 is 2.52 bits per heavy atom. The molecular formula is C24H26N3O4+. The fourth-order valence-corrected chi connectivity index (χ4v) is 5.67. The minimum atomic E-state index is -1.11. The molecule has 7 nitrogen and oxygen atoms in total. The number of anilines is 1. The number of imide groups is 1. The number of para-hydroxylation sites is 2. The first-order chi connectivity index (χ1) is 14.9. The van der Waals surface area contributed by atoms with Crippen molar-refractivity contribution in [2.45, 2.75) is 32.0 Å². The van der Waals surface area contributed by atoms with Crippen LogP contribution in [0.15, 0.2) is 48.5 Å². The van der Waals surface area contributed by atoms with E-state index in [2.05, 4.69) is 5.32 Å². The molecule has 3 N–H and O–H groups in total. The Hall–Kier alpha value is -3.19.